The summed E-state index contributed by atoms with van der Waals surface area (Å²) in [5, 5.41) is 3.47. The lowest BCUT2D eigenvalue weighted by Gasteiger charge is -2.40. The number of nitrogens with one attached hydrogen (secondary N) is 1. The molecular weight excluding hydrogens is 222 g/mol. The molecule has 3 nitrogen and oxygen atoms in total. The first-order chi connectivity index (χ1) is 8.70. The Morgan fingerprint density at radius 1 is 1.11 bits per heavy atom. The molecule has 2 atom stereocenters. The second-order valence-electron chi connectivity index (χ2n) is 6.31. The summed E-state index contributed by atoms with van der Waals surface area (Å²) < 4.78 is 0. The lowest BCUT2D eigenvalue weighted by molar-refractivity contribution is 0.0783. The van der Waals surface area contributed by atoms with E-state index in [-0.39, 0.29) is 0 Å². The number of hydrogen-bond donors (Lipinski definition) is 1. The molecule has 0 aromatic heterocycles. The van der Waals surface area contributed by atoms with E-state index in [4.69, 9.17) is 0 Å². The van der Waals surface area contributed by atoms with E-state index in [9.17, 15) is 0 Å². The first-order valence-corrected chi connectivity index (χ1v) is 7.87. The molecule has 0 radical (unpaired) electrons. The Kier molecular flexibility index (Phi) is 5.46. The molecule has 3 heteroatoms. The molecular formula is C15H31N3. The van der Waals surface area contributed by atoms with Gasteiger partial charge in [-0.25, -0.2) is 0 Å². The molecule has 2 fully saturated rings. The van der Waals surface area contributed by atoms with Gasteiger partial charge >= 0.3 is 0 Å². The van der Waals surface area contributed by atoms with Crippen molar-refractivity contribution in [2.24, 2.45) is 11.8 Å². The van der Waals surface area contributed by atoms with Crippen molar-refractivity contribution in [3.05, 3.63) is 0 Å². The van der Waals surface area contributed by atoms with E-state index in [1.54, 1.807) is 0 Å². The van der Waals surface area contributed by atoms with Crippen LogP contribution in [0.25, 0.3) is 0 Å². The summed E-state index contributed by atoms with van der Waals surface area (Å²) in [4.78, 5) is 5.36. The largest absolute Gasteiger partial charge is 0.317 e. The van der Waals surface area contributed by atoms with Gasteiger partial charge in [-0.15, -0.1) is 0 Å². The third-order valence-corrected chi connectivity index (χ3v) is 4.74. The second kappa shape index (κ2) is 6.88. The highest BCUT2D eigenvalue weighted by atomic mass is 15.3. The van der Waals surface area contributed by atoms with Crippen LogP contribution < -0.4 is 5.32 Å². The molecule has 2 unspecified atom stereocenters. The molecule has 1 aliphatic carbocycles. The lowest BCUT2D eigenvalue weighted by atomic mass is 10.0. The highest BCUT2D eigenvalue weighted by molar-refractivity contribution is 4.83. The van der Waals surface area contributed by atoms with Crippen LogP contribution >= 0.6 is 0 Å². The van der Waals surface area contributed by atoms with Crippen LogP contribution in [-0.4, -0.2) is 61.7 Å². The van der Waals surface area contributed by atoms with Gasteiger partial charge in [0, 0.05) is 38.8 Å². The minimum absolute atomic E-state index is 0.715. The Bertz CT molecular complexity index is 232. The van der Waals surface area contributed by atoms with Crippen LogP contribution in [0.5, 0.6) is 0 Å². The van der Waals surface area contributed by atoms with Crippen molar-refractivity contribution in [2.45, 2.75) is 39.7 Å². The summed E-state index contributed by atoms with van der Waals surface area (Å²) in [5.41, 5.74) is 0. The predicted octanol–water partition coefficient (Wildman–Crippen LogP) is 1.65. The molecule has 0 amide bonds. The quantitative estimate of drug-likeness (QED) is 0.744. The van der Waals surface area contributed by atoms with Crippen LogP contribution in [-0.2, 0) is 0 Å². The fraction of sp³-hybridized carbons (Fsp3) is 1.00. The maximum absolute atomic E-state index is 3.47. The minimum Gasteiger partial charge on any atom is -0.317 e. The Balaban J connectivity index is 1.67. The zero-order chi connectivity index (χ0) is 13.0. The van der Waals surface area contributed by atoms with Gasteiger partial charge in [-0.1, -0.05) is 13.8 Å². The average Bonchev–Trinajstić information content (AvgIpc) is 3.20. The van der Waals surface area contributed by atoms with Crippen molar-refractivity contribution >= 4 is 0 Å². The van der Waals surface area contributed by atoms with E-state index in [0.29, 0.717) is 6.04 Å². The third kappa shape index (κ3) is 4.22. The van der Waals surface area contributed by atoms with Crippen molar-refractivity contribution in [1.29, 1.82) is 0 Å². The van der Waals surface area contributed by atoms with Gasteiger partial charge in [-0.3, -0.25) is 4.90 Å². The van der Waals surface area contributed by atoms with E-state index in [1.165, 1.54) is 45.6 Å². The standard InChI is InChI=1S/C15H31N3/c1-4-16-11-13(2)14(3)18-9-7-17(8-10-18)12-15-5-6-15/h13-16H,4-12H2,1-3H3. The monoisotopic (exact) mass is 253 g/mol. The summed E-state index contributed by atoms with van der Waals surface area (Å²) >= 11 is 0. The van der Waals surface area contributed by atoms with Gasteiger partial charge in [0.1, 0.15) is 0 Å². The molecule has 2 rings (SSSR count). The molecule has 1 aliphatic heterocycles. The number of nitrogens with zero attached hydrogens (tertiary/aromatic N) is 2. The predicted molar refractivity (Wildman–Crippen MR) is 77.9 cm³/mol. The summed E-state index contributed by atoms with van der Waals surface area (Å²) in [6, 6.07) is 0.715. The molecule has 0 aromatic rings. The van der Waals surface area contributed by atoms with Crippen LogP contribution in [0.15, 0.2) is 0 Å². The Morgan fingerprint density at radius 3 is 2.33 bits per heavy atom. The summed E-state index contributed by atoms with van der Waals surface area (Å²) in [7, 11) is 0. The lowest BCUT2D eigenvalue weighted by Crippen LogP contribution is -2.52. The summed E-state index contributed by atoms with van der Waals surface area (Å²) in [6.45, 7) is 15.7. The molecule has 1 saturated carbocycles. The average molecular weight is 253 g/mol. The fourth-order valence-corrected chi connectivity index (χ4v) is 2.92. The maximum atomic E-state index is 3.47. The molecule has 106 valence electrons. The molecule has 2 aliphatic rings. The minimum atomic E-state index is 0.715. The van der Waals surface area contributed by atoms with Gasteiger partial charge in [-0.05, 0) is 44.7 Å². The Hall–Kier alpha value is -0.120. The van der Waals surface area contributed by atoms with Crippen LogP contribution in [0.3, 0.4) is 0 Å². The molecule has 1 N–H and O–H groups in total. The fourth-order valence-electron chi connectivity index (χ4n) is 2.92. The van der Waals surface area contributed by atoms with Crippen molar-refractivity contribution in [1.82, 2.24) is 15.1 Å². The smallest absolute Gasteiger partial charge is 0.0113 e. The van der Waals surface area contributed by atoms with Crippen molar-refractivity contribution < 1.29 is 0 Å². The van der Waals surface area contributed by atoms with Crippen LogP contribution in [0.4, 0.5) is 0 Å². The highest BCUT2D eigenvalue weighted by Crippen LogP contribution is 2.30. The van der Waals surface area contributed by atoms with E-state index in [2.05, 4.69) is 35.9 Å². The van der Waals surface area contributed by atoms with E-state index in [1.807, 2.05) is 0 Å². The van der Waals surface area contributed by atoms with Crippen LogP contribution in [0.1, 0.15) is 33.6 Å². The van der Waals surface area contributed by atoms with Gasteiger partial charge in [-0.2, -0.15) is 0 Å². The van der Waals surface area contributed by atoms with Gasteiger partial charge in [0.05, 0.1) is 0 Å². The van der Waals surface area contributed by atoms with Crippen molar-refractivity contribution in [3.8, 4) is 0 Å². The Labute approximate surface area is 113 Å². The third-order valence-electron chi connectivity index (χ3n) is 4.74. The molecule has 0 spiro atoms. The molecule has 18 heavy (non-hydrogen) atoms. The maximum Gasteiger partial charge on any atom is 0.0113 e. The van der Waals surface area contributed by atoms with Gasteiger partial charge in [0.15, 0.2) is 0 Å². The Morgan fingerprint density at radius 2 is 1.78 bits per heavy atom. The molecule has 1 heterocycles. The number of rotatable bonds is 7. The second-order valence-corrected chi connectivity index (χ2v) is 6.31. The SMILES string of the molecule is CCNCC(C)C(C)N1CCN(CC2CC2)CC1. The first kappa shape index (κ1) is 14.3. The number of hydrogen-bond acceptors (Lipinski definition) is 3. The topological polar surface area (TPSA) is 18.5 Å². The van der Waals surface area contributed by atoms with E-state index >= 15 is 0 Å². The summed E-state index contributed by atoms with van der Waals surface area (Å²) in [5.74, 6) is 1.79. The molecule has 0 bridgehead atoms. The zero-order valence-electron chi connectivity index (χ0n) is 12.5. The van der Waals surface area contributed by atoms with E-state index < -0.39 is 0 Å². The van der Waals surface area contributed by atoms with Crippen LogP contribution in [0.2, 0.25) is 0 Å². The normalized spacial score (nSPS) is 26.2. The van der Waals surface area contributed by atoms with Gasteiger partial charge < -0.3 is 10.2 Å². The van der Waals surface area contributed by atoms with Crippen molar-refractivity contribution in [2.75, 3.05) is 45.8 Å². The molecule has 1 saturated heterocycles. The van der Waals surface area contributed by atoms with Gasteiger partial charge in [0.25, 0.3) is 0 Å². The van der Waals surface area contributed by atoms with E-state index in [0.717, 1.165) is 24.9 Å². The summed E-state index contributed by atoms with van der Waals surface area (Å²) in [6.07, 6.45) is 2.96. The molecule has 0 aromatic carbocycles. The van der Waals surface area contributed by atoms with Gasteiger partial charge in [0.2, 0.25) is 0 Å². The number of piperazine rings is 1. The van der Waals surface area contributed by atoms with Crippen LogP contribution in [0, 0.1) is 11.8 Å². The zero-order valence-corrected chi connectivity index (χ0v) is 12.5. The first-order valence-electron chi connectivity index (χ1n) is 7.87. The van der Waals surface area contributed by atoms with Crippen molar-refractivity contribution in [3.63, 3.8) is 0 Å². The highest BCUT2D eigenvalue weighted by Gasteiger charge is 2.28.